The van der Waals surface area contributed by atoms with Crippen molar-refractivity contribution in [2.45, 2.75) is 25.8 Å². The van der Waals surface area contributed by atoms with Gasteiger partial charge in [0.15, 0.2) is 0 Å². The van der Waals surface area contributed by atoms with Crippen molar-refractivity contribution >= 4 is 33.4 Å². The Morgan fingerprint density at radius 1 is 1.38 bits per heavy atom. The minimum atomic E-state index is -0.742. The number of carbonyl (C=O) groups is 2. The van der Waals surface area contributed by atoms with E-state index in [9.17, 15) is 9.59 Å². The summed E-state index contributed by atoms with van der Waals surface area (Å²) in [6.07, 6.45) is 2.01. The standard InChI is InChI=1S/C17H23BrN2O4/c1-3-4-9-24-10-13-15(16(21)19-13)17(22)20(11-23-2)14-8-6-5-7-12(14)18/h5-8,13,15H,3-4,9-11H2,1-2H3,(H,19,21)/t13-,15-/m0/s1. The average Bonchev–Trinajstić information content (AvgIpc) is 2.56. The van der Waals surface area contributed by atoms with E-state index in [1.807, 2.05) is 24.3 Å². The van der Waals surface area contributed by atoms with E-state index in [1.54, 1.807) is 0 Å². The third kappa shape index (κ3) is 4.34. The molecule has 0 unspecified atom stereocenters. The number of para-hydroxylation sites is 1. The fourth-order valence-corrected chi connectivity index (χ4v) is 3.04. The molecule has 0 saturated carbocycles. The van der Waals surface area contributed by atoms with Gasteiger partial charge in [-0.25, -0.2) is 0 Å². The fourth-order valence-electron chi connectivity index (χ4n) is 2.54. The fraction of sp³-hybridized carbons (Fsp3) is 0.529. The zero-order valence-corrected chi connectivity index (χ0v) is 15.5. The molecule has 7 heteroatoms. The molecule has 132 valence electrons. The number of unbranched alkanes of at least 4 members (excludes halogenated alkanes) is 1. The first kappa shape index (κ1) is 18.9. The summed E-state index contributed by atoms with van der Waals surface area (Å²) in [6.45, 7) is 3.14. The first-order valence-corrected chi connectivity index (χ1v) is 8.82. The molecule has 2 rings (SSSR count). The number of halogens is 1. The van der Waals surface area contributed by atoms with Gasteiger partial charge < -0.3 is 14.8 Å². The molecule has 0 aromatic heterocycles. The van der Waals surface area contributed by atoms with Gasteiger partial charge in [-0.2, -0.15) is 0 Å². The number of nitrogens with one attached hydrogen (secondary N) is 1. The zero-order chi connectivity index (χ0) is 17.5. The lowest BCUT2D eigenvalue weighted by molar-refractivity contribution is -0.145. The van der Waals surface area contributed by atoms with Crippen molar-refractivity contribution in [2.24, 2.45) is 5.92 Å². The van der Waals surface area contributed by atoms with E-state index in [0.717, 1.165) is 17.3 Å². The van der Waals surface area contributed by atoms with Crippen LogP contribution in [0, 0.1) is 5.92 Å². The third-order valence-corrected chi connectivity index (χ3v) is 4.56. The summed E-state index contributed by atoms with van der Waals surface area (Å²) in [5, 5.41) is 2.75. The second kappa shape index (κ2) is 9.15. The van der Waals surface area contributed by atoms with Crippen LogP contribution in [0.2, 0.25) is 0 Å². The van der Waals surface area contributed by atoms with Crippen LogP contribution in [0.1, 0.15) is 19.8 Å². The van der Waals surface area contributed by atoms with Gasteiger partial charge in [-0.3, -0.25) is 14.5 Å². The highest BCUT2D eigenvalue weighted by Gasteiger charge is 2.47. The monoisotopic (exact) mass is 398 g/mol. The van der Waals surface area contributed by atoms with E-state index < -0.39 is 5.92 Å². The Bertz CT molecular complexity index is 581. The highest BCUT2D eigenvalue weighted by molar-refractivity contribution is 9.10. The molecule has 6 nitrogen and oxygen atoms in total. The largest absolute Gasteiger partial charge is 0.379 e. The number of benzene rings is 1. The van der Waals surface area contributed by atoms with Gasteiger partial charge in [0.1, 0.15) is 12.6 Å². The first-order valence-electron chi connectivity index (χ1n) is 8.03. The predicted molar refractivity (Wildman–Crippen MR) is 94.7 cm³/mol. The smallest absolute Gasteiger partial charge is 0.243 e. The van der Waals surface area contributed by atoms with Gasteiger partial charge in [0.05, 0.1) is 18.3 Å². The van der Waals surface area contributed by atoms with Crippen molar-refractivity contribution < 1.29 is 19.1 Å². The van der Waals surface area contributed by atoms with Crippen molar-refractivity contribution in [2.75, 3.05) is 32.0 Å². The Hall–Kier alpha value is -1.44. The van der Waals surface area contributed by atoms with E-state index in [4.69, 9.17) is 9.47 Å². The maximum Gasteiger partial charge on any atom is 0.243 e. The molecule has 2 amide bonds. The number of anilines is 1. The van der Waals surface area contributed by atoms with Crippen LogP contribution in [-0.2, 0) is 19.1 Å². The van der Waals surface area contributed by atoms with Gasteiger partial charge in [-0.05, 0) is 34.5 Å². The van der Waals surface area contributed by atoms with Crippen LogP contribution < -0.4 is 10.2 Å². The summed E-state index contributed by atoms with van der Waals surface area (Å²) in [5.74, 6) is -1.29. The number of rotatable bonds is 9. The maximum absolute atomic E-state index is 12.9. The number of hydrogen-bond donors (Lipinski definition) is 1. The minimum absolute atomic E-state index is 0.0780. The molecule has 1 saturated heterocycles. The van der Waals surface area contributed by atoms with Crippen LogP contribution in [0.5, 0.6) is 0 Å². The third-order valence-electron chi connectivity index (χ3n) is 3.89. The molecule has 2 atom stereocenters. The molecule has 1 aliphatic heterocycles. The van der Waals surface area contributed by atoms with Gasteiger partial charge in [0, 0.05) is 18.2 Å². The van der Waals surface area contributed by atoms with Crippen molar-refractivity contribution in [1.82, 2.24) is 5.32 Å². The molecular formula is C17H23BrN2O4. The van der Waals surface area contributed by atoms with E-state index in [-0.39, 0.29) is 24.6 Å². The molecule has 0 aliphatic carbocycles. The van der Waals surface area contributed by atoms with Crippen LogP contribution in [0.4, 0.5) is 5.69 Å². The number of β-lactam (4-membered cyclic amide) rings is 1. The normalized spacial score (nSPS) is 19.5. The number of ether oxygens (including phenoxy) is 2. The molecule has 1 aromatic carbocycles. The quantitative estimate of drug-likeness (QED) is 0.300. The highest BCUT2D eigenvalue weighted by atomic mass is 79.9. The Balaban J connectivity index is 2.08. The zero-order valence-electron chi connectivity index (χ0n) is 14.0. The van der Waals surface area contributed by atoms with Crippen LogP contribution in [0.25, 0.3) is 0 Å². The summed E-state index contributed by atoms with van der Waals surface area (Å²) in [5.41, 5.74) is 0.676. The Morgan fingerprint density at radius 2 is 2.12 bits per heavy atom. The van der Waals surface area contributed by atoms with Gasteiger partial charge >= 0.3 is 0 Å². The van der Waals surface area contributed by atoms with Crippen molar-refractivity contribution in [3.63, 3.8) is 0 Å². The number of hydrogen-bond acceptors (Lipinski definition) is 4. The predicted octanol–water partition coefficient (Wildman–Crippen LogP) is 2.32. The van der Waals surface area contributed by atoms with Gasteiger partial charge in [0.25, 0.3) is 0 Å². The van der Waals surface area contributed by atoms with Crippen molar-refractivity contribution in [3.8, 4) is 0 Å². The van der Waals surface area contributed by atoms with Crippen molar-refractivity contribution in [3.05, 3.63) is 28.7 Å². The second-order valence-corrected chi connectivity index (χ2v) is 6.51. The van der Waals surface area contributed by atoms with Crippen LogP contribution in [0.3, 0.4) is 0 Å². The first-order chi connectivity index (χ1) is 11.6. The number of nitrogens with zero attached hydrogens (tertiary/aromatic N) is 1. The molecule has 24 heavy (non-hydrogen) atoms. The average molecular weight is 399 g/mol. The lowest BCUT2D eigenvalue weighted by Crippen LogP contribution is -2.65. The minimum Gasteiger partial charge on any atom is -0.379 e. The maximum atomic E-state index is 12.9. The van der Waals surface area contributed by atoms with Crippen LogP contribution in [-0.4, -0.2) is 44.9 Å². The molecule has 1 aliphatic rings. The Morgan fingerprint density at radius 3 is 2.75 bits per heavy atom. The SMILES string of the molecule is CCCCOC[C@@H]1NC(=O)[C@H]1C(=O)N(COC)c1ccccc1Br. The molecular weight excluding hydrogens is 376 g/mol. The lowest BCUT2D eigenvalue weighted by atomic mass is 9.89. The summed E-state index contributed by atoms with van der Waals surface area (Å²) in [6, 6.07) is 7.07. The molecule has 0 bridgehead atoms. The van der Waals surface area contributed by atoms with E-state index >= 15 is 0 Å². The van der Waals surface area contributed by atoms with Crippen LogP contribution >= 0.6 is 15.9 Å². The number of methoxy groups -OCH3 is 1. The molecule has 0 spiro atoms. The summed E-state index contributed by atoms with van der Waals surface area (Å²) in [7, 11) is 1.52. The molecule has 1 aromatic rings. The Labute approximate surface area is 150 Å². The molecule has 1 heterocycles. The molecule has 1 fully saturated rings. The van der Waals surface area contributed by atoms with Gasteiger partial charge in [-0.15, -0.1) is 0 Å². The summed E-state index contributed by atoms with van der Waals surface area (Å²) in [4.78, 5) is 26.3. The van der Waals surface area contributed by atoms with E-state index in [1.165, 1.54) is 12.0 Å². The summed E-state index contributed by atoms with van der Waals surface area (Å²) < 4.78 is 11.5. The molecule has 1 N–H and O–H groups in total. The Kier molecular flexibility index (Phi) is 7.20. The number of amides is 2. The van der Waals surface area contributed by atoms with Crippen LogP contribution in [0.15, 0.2) is 28.7 Å². The van der Waals surface area contributed by atoms with Gasteiger partial charge in [-0.1, -0.05) is 25.5 Å². The highest BCUT2D eigenvalue weighted by Crippen LogP contribution is 2.29. The van der Waals surface area contributed by atoms with E-state index in [0.29, 0.717) is 18.9 Å². The van der Waals surface area contributed by atoms with Crippen molar-refractivity contribution in [1.29, 1.82) is 0 Å². The number of carbonyl (C=O) groups excluding carboxylic acids is 2. The topological polar surface area (TPSA) is 67.9 Å². The lowest BCUT2D eigenvalue weighted by Gasteiger charge is -2.38. The van der Waals surface area contributed by atoms with Gasteiger partial charge in [0.2, 0.25) is 11.8 Å². The molecule has 0 radical (unpaired) electrons. The second-order valence-electron chi connectivity index (χ2n) is 5.66. The summed E-state index contributed by atoms with van der Waals surface area (Å²) >= 11 is 3.44. The van der Waals surface area contributed by atoms with E-state index in [2.05, 4.69) is 28.2 Å².